The maximum atomic E-state index is 11.5. The van der Waals surface area contributed by atoms with E-state index in [1.807, 2.05) is 17.0 Å². The van der Waals surface area contributed by atoms with Crippen LogP contribution in [0.1, 0.15) is 171 Å². The van der Waals surface area contributed by atoms with Gasteiger partial charge >= 0.3 is 0 Å². The molecule has 0 aliphatic carbocycles. The average Bonchev–Trinajstić information content (AvgIpc) is 4.44. The van der Waals surface area contributed by atoms with E-state index < -0.39 is 0 Å². The fourth-order valence-corrected chi connectivity index (χ4v) is 8.56. The zero-order valence-electron chi connectivity index (χ0n) is 49.1. The first kappa shape index (κ1) is 64.8. The third kappa shape index (κ3) is 24.9. The molecule has 5 aromatic carbocycles. The Kier molecular flexibility index (Phi) is 30.7. The summed E-state index contributed by atoms with van der Waals surface area (Å²) in [5.41, 5.74) is 9.51. The molecule has 3 heterocycles. The van der Waals surface area contributed by atoms with Gasteiger partial charge < -0.3 is 38.4 Å². The maximum absolute atomic E-state index is 11.5. The Hall–Kier alpha value is -4.71. The van der Waals surface area contributed by atoms with Crippen LogP contribution in [0.2, 0.25) is 0 Å². The first-order chi connectivity index (χ1) is 37.3. The molecule has 0 saturated carbocycles. The molecule has 3 saturated heterocycles. The average molecular weight is 1060 g/mol. The molecular formula is C68H99NO8. The molecule has 3 aliphatic heterocycles. The second-order valence-electron chi connectivity index (χ2n) is 21.6. The second kappa shape index (κ2) is 36.5. The van der Waals surface area contributed by atoms with Crippen LogP contribution in [0, 0.1) is 0 Å². The summed E-state index contributed by atoms with van der Waals surface area (Å²) in [5.74, 6) is 2.28. The van der Waals surface area contributed by atoms with Crippen LogP contribution < -0.4 is 0 Å². The minimum atomic E-state index is 0.0520. The van der Waals surface area contributed by atoms with Crippen molar-refractivity contribution in [3.05, 3.63) is 178 Å². The third-order valence-electron chi connectivity index (χ3n) is 15.5. The number of amides is 1. The number of carbonyl (C=O) groups is 1. The molecule has 0 spiro atoms. The Morgan fingerprint density at radius 2 is 0.948 bits per heavy atom. The Morgan fingerprint density at radius 1 is 0.545 bits per heavy atom. The highest BCUT2D eigenvalue weighted by molar-refractivity contribution is 5.78. The van der Waals surface area contributed by atoms with E-state index >= 15 is 0 Å². The molecule has 0 radical (unpaired) electrons. The van der Waals surface area contributed by atoms with Crippen LogP contribution in [0.3, 0.4) is 0 Å². The molecule has 8 rings (SSSR count). The number of ether oxygens (including phenoxy) is 6. The number of carbonyl (C=O) groups excluding carboxylic acids is 1. The number of hydrogen-bond donors (Lipinski definition) is 1. The fraction of sp³-hybridized carbons (Fsp3) is 0.544. The van der Waals surface area contributed by atoms with Gasteiger partial charge in [0.15, 0.2) is 0 Å². The maximum Gasteiger partial charge on any atom is 0.222 e. The summed E-state index contributed by atoms with van der Waals surface area (Å²) < 4.78 is 32.4. The number of nitrogens with zero attached hydrogens (tertiary/aromatic N) is 1. The van der Waals surface area contributed by atoms with Crippen molar-refractivity contribution in [2.24, 2.45) is 0 Å². The first-order valence-electron chi connectivity index (χ1n) is 29.1. The van der Waals surface area contributed by atoms with Crippen LogP contribution in [-0.4, -0.2) is 101 Å². The van der Waals surface area contributed by atoms with Crippen molar-refractivity contribution < 1.29 is 38.3 Å². The van der Waals surface area contributed by atoms with Crippen molar-refractivity contribution in [1.82, 2.24) is 4.90 Å². The zero-order valence-corrected chi connectivity index (χ0v) is 49.1. The van der Waals surface area contributed by atoms with E-state index in [9.17, 15) is 4.79 Å². The van der Waals surface area contributed by atoms with Gasteiger partial charge in [0.05, 0.1) is 72.7 Å². The van der Waals surface area contributed by atoms with Crippen LogP contribution in [0.4, 0.5) is 0 Å². The normalized spacial score (nSPS) is 18.0. The lowest BCUT2D eigenvalue weighted by Gasteiger charge is -2.28. The predicted molar refractivity (Wildman–Crippen MR) is 317 cm³/mol. The van der Waals surface area contributed by atoms with Gasteiger partial charge in [-0.3, -0.25) is 4.79 Å². The second-order valence-corrected chi connectivity index (χ2v) is 21.6. The number of likely N-dealkylation sites (tertiary alicyclic amines) is 1. The molecule has 9 nitrogen and oxygen atoms in total. The molecule has 9 heteroatoms. The van der Waals surface area contributed by atoms with Crippen LogP contribution in [0.25, 0.3) is 0 Å². The summed E-state index contributed by atoms with van der Waals surface area (Å²) in [6.45, 7) is 31.0. The molecule has 7 atom stereocenters. The number of benzene rings is 5. The zero-order chi connectivity index (χ0) is 55.7. The third-order valence-corrected chi connectivity index (χ3v) is 15.5. The Labute approximate surface area is 466 Å². The van der Waals surface area contributed by atoms with Crippen molar-refractivity contribution in [2.75, 3.05) is 72.6 Å². The standard InChI is InChI=1S/C16H24O3.C15H21NO.C14H20O2.C13H20O2.C10H14/c1-3-16(2,14-7-5-4-6-8-14)13-18-10-9-17-11-15-12-19-15;1-3-12(2)14-8-6-13(7-9-14)11-16-10-4-5-15(16)17;1-3-11(2)13-6-4-12(5-7-13)8-15-9-14-10-16-14;1-3-13(2,11-15-10-9-14)12-7-5-4-6-8-12;1-3-9(2)10-7-5-4-6-8-10/h4-8,15H,3,9-13H2,1-2H3;6-9,12H,3-5,10-11H2,1-2H3;4-7,11,14H,3,8-10H2,1-2H3;4-8,14H,3,9-11H2,1-2H3;4-9H,3H2,1-2H3. The van der Waals surface area contributed by atoms with Gasteiger partial charge in [-0.25, -0.2) is 0 Å². The van der Waals surface area contributed by atoms with Crippen molar-refractivity contribution in [1.29, 1.82) is 0 Å². The molecule has 77 heavy (non-hydrogen) atoms. The Bertz CT molecular complexity index is 2250. The van der Waals surface area contributed by atoms with Gasteiger partial charge in [0.1, 0.15) is 12.2 Å². The lowest BCUT2D eigenvalue weighted by molar-refractivity contribution is -0.128. The highest BCUT2D eigenvalue weighted by Gasteiger charge is 2.27. The molecule has 0 bridgehead atoms. The van der Waals surface area contributed by atoms with Crippen LogP contribution in [0.5, 0.6) is 0 Å². The monoisotopic (exact) mass is 1060 g/mol. The van der Waals surface area contributed by atoms with E-state index in [1.165, 1.54) is 58.2 Å². The molecule has 1 amide bonds. The van der Waals surface area contributed by atoms with Gasteiger partial charge in [0, 0.05) is 30.3 Å². The van der Waals surface area contributed by atoms with Gasteiger partial charge in [0.25, 0.3) is 0 Å². The van der Waals surface area contributed by atoms with Crippen molar-refractivity contribution >= 4 is 5.91 Å². The van der Waals surface area contributed by atoms with Gasteiger partial charge in [-0.05, 0) is 95.2 Å². The summed E-state index contributed by atoms with van der Waals surface area (Å²) in [7, 11) is 0. The molecule has 3 fully saturated rings. The summed E-state index contributed by atoms with van der Waals surface area (Å²) in [4.78, 5) is 13.5. The quantitative estimate of drug-likeness (QED) is 0.0410. The SMILES string of the molecule is CCC(C)(COCCO)c1ccccc1.CCC(C)(COCCOCC1CO1)c1ccccc1.CCC(C)c1ccc(CN2CCCC2=O)cc1.CCC(C)c1ccc(COCC2CO2)cc1.CCC(C)c1ccccc1. The molecule has 5 aromatic rings. The highest BCUT2D eigenvalue weighted by atomic mass is 16.6. The molecule has 7 unspecified atom stereocenters. The summed E-state index contributed by atoms with van der Waals surface area (Å²) in [6.07, 6.45) is 8.12. The molecule has 1 N–H and O–H groups in total. The number of rotatable bonds is 27. The largest absolute Gasteiger partial charge is 0.394 e. The van der Waals surface area contributed by atoms with E-state index in [1.54, 1.807) is 0 Å². The van der Waals surface area contributed by atoms with E-state index in [4.69, 9.17) is 33.5 Å². The molecular weight excluding hydrogens is 959 g/mol. The summed E-state index contributed by atoms with van der Waals surface area (Å²) in [6, 6.07) is 49.0. The van der Waals surface area contributed by atoms with Gasteiger partial charge in [-0.2, -0.15) is 0 Å². The lowest BCUT2D eigenvalue weighted by Crippen LogP contribution is -2.28. The molecule has 3 aliphatic rings. The molecule has 424 valence electrons. The van der Waals surface area contributed by atoms with Crippen molar-refractivity contribution in [3.63, 3.8) is 0 Å². The highest BCUT2D eigenvalue weighted by Crippen LogP contribution is 2.29. The lowest BCUT2D eigenvalue weighted by atomic mass is 9.81. The van der Waals surface area contributed by atoms with Gasteiger partial charge in [-0.1, -0.05) is 209 Å². The topological polar surface area (TPSA) is 103 Å². The van der Waals surface area contributed by atoms with E-state index in [-0.39, 0.29) is 17.4 Å². The van der Waals surface area contributed by atoms with E-state index in [0.29, 0.717) is 75.5 Å². The number of aliphatic hydroxyl groups is 1. The van der Waals surface area contributed by atoms with Crippen molar-refractivity contribution in [3.8, 4) is 0 Å². The Morgan fingerprint density at radius 3 is 1.35 bits per heavy atom. The van der Waals surface area contributed by atoms with Crippen LogP contribution in [0.15, 0.2) is 140 Å². The Balaban J connectivity index is 0.000000210. The first-order valence-corrected chi connectivity index (χ1v) is 29.1. The van der Waals surface area contributed by atoms with E-state index in [2.05, 4.69) is 197 Å². The summed E-state index contributed by atoms with van der Waals surface area (Å²) in [5, 5.41) is 8.68. The minimum Gasteiger partial charge on any atom is -0.394 e. The number of epoxide rings is 2. The minimum absolute atomic E-state index is 0.0520. The smallest absolute Gasteiger partial charge is 0.222 e. The molecule has 0 aromatic heterocycles. The summed E-state index contributed by atoms with van der Waals surface area (Å²) >= 11 is 0. The fourth-order valence-electron chi connectivity index (χ4n) is 8.56. The number of aliphatic hydroxyl groups excluding tert-OH is 1. The van der Waals surface area contributed by atoms with Crippen molar-refractivity contribution in [2.45, 2.75) is 168 Å². The number of hydrogen-bond acceptors (Lipinski definition) is 8. The van der Waals surface area contributed by atoms with Gasteiger partial charge in [-0.15, -0.1) is 0 Å². The van der Waals surface area contributed by atoms with Gasteiger partial charge in [0.2, 0.25) is 5.91 Å². The van der Waals surface area contributed by atoms with E-state index in [0.717, 1.165) is 65.2 Å². The predicted octanol–water partition coefficient (Wildman–Crippen LogP) is 14.8. The van der Waals surface area contributed by atoms with Crippen LogP contribution >= 0.6 is 0 Å². The van der Waals surface area contributed by atoms with Crippen LogP contribution in [-0.2, 0) is 57.2 Å².